The molecule has 1 N–H and O–H groups in total. The van der Waals surface area contributed by atoms with Crippen molar-refractivity contribution in [2.24, 2.45) is 0 Å². The van der Waals surface area contributed by atoms with Gasteiger partial charge in [-0.1, -0.05) is 0 Å². The zero-order chi connectivity index (χ0) is 18.3. The van der Waals surface area contributed by atoms with Crippen molar-refractivity contribution in [2.75, 3.05) is 18.0 Å². The van der Waals surface area contributed by atoms with Crippen LogP contribution in [0.5, 0.6) is 0 Å². The molecular formula is C18H17F2N5O. The quantitative estimate of drug-likeness (QED) is 0.783. The number of halogens is 2. The number of anilines is 1. The molecule has 1 aliphatic heterocycles. The highest BCUT2D eigenvalue weighted by molar-refractivity contribution is 5.61. The van der Waals surface area contributed by atoms with Gasteiger partial charge in [0.25, 0.3) is 5.56 Å². The molecule has 0 saturated carbocycles. The number of aromatic nitrogens is 4. The molecule has 26 heavy (non-hydrogen) atoms. The van der Waals surface area contributed by atoms with Crippen LogP contribution < -0.4 is 10.5 Å². The van der Waals surface area contributed by atoms with E-state index in [1.807, 2.05) is 6.92 Å². The summed E-state index contributed by atoms with van der Waals surface area (Å²) in [6.45, 7) is 3.72. The Morgan fingerprint density at radius 2 is 1.77 bits per heavy atom. The molecule has 0 unspecified atom stereocenters. The summed E-state index contributed by atoms with van der Waals surface area (Å²) in [5.41, 5.74) is 1.55. The first-order valence-corrected chi connectivity index (χ1v) is 8.39. The van der Waals surface area contributed by atoms with Gasteiger partial charge in [0.1, 0.15) is 11.6 Å². The third kappa shape index (κ3) is 2.98. The molecule has 1 aliphatic rings. The molecule has 6 nitrogen and oxygen atoms in total. The maximum atomic E-state index is 13.4. The fourth-order valence-corrected chi connectivity index (χ4v) is 3.18. The van der Waals surface area contributed by atoms with Gasteiger partial charge in [0, 0.05) is 37.0 Å². The summed E-state index contributed by atoms with van der Waals surface area (Å²) in [6, 6.07) is 4.30. The maximum absolute atomic E-state index is 13.4. The van der Waals surface area contributed by atoms with E-state index in [0.717, 1.165) is 54.5 Å². The van der Waals surface area contributed by atoms with E-state index < -0.39 is 17.2 Å². The van der Waals surface area contributed by atoms with Crippen LogP contribution in [0, 0.1) is 18.6 Å². The van der Waals surface area contributed by atoms with E-state index in [0.29, 0.717) is 17.2 Å². The fraction of sp³-hybridized carbons (Fsp3) is 0.278. The second kappa shape index (κ2) is 6.36. The minimum Gasteiger partial charge on any atom is -0.341 e. The number of hydrogen-bond acceptors (Lipinski definition) is 4. The standard InChI is InChI=1S/C18H17F2N5O/c1-11-15(10-21-18(22-11)24-4-2-3-5-24)16-9-17(26)25(23-16)14-7-12(19)6-13(20)8-14/h6-10,23H,2-5H2,1H3. The van der Waals surface area contributed by atoms with Gasteiger partial charge in [0.2, 0.25) is 5.95 Å². The Hall–Kier alpha value is -3.03. The van der Waals surface area contributed by atoms with Gasteiger partial charge in [-0.05, 0) is 31.9 Å². The van der Waals surface area contributed by atoms with Crippen molar-refractivity contribution in [2.45, 2.75) is 19.8 Å². The number of nitrogens with zero attached hydrogens (tertiary/aromatic N) is 4. The number of hydrogen-bond donors (Lipinski definition) is 1. The van der Waals surface area contributed by atoms with Crippen molar-refractivity contribution in [3.63, 3.8) is 0 Å². The van der Waals surface area contributed by atoms with Crippen molar-refractivity contribution in [3.05, 3.63) is 58.1 Å². The smallest absolute Gasteiger partial charge is 0.271 e. The van der Waals surface area contributed by atoms with Crippen LogP contribution in [0.15, 0.2) is 35.3 Å². The minimum atomic E-state index is -0.752. The molecule has 1 aromatic carbocycles. The van der Waals surface area contributed by atoms with Crippen molar-refractivity contribution in [1.82, 2.24) is 19.7 Å². The van der Waals surface area contributed by atoms with Crippen LogP contribution in [0.3, 0.4) is 0 Å². The third-order valence-corrected chi connectivity index (χ3v) is 4.47. The lowest BCUT2D eigenvalue weighted by Crippen LogP contribution is -2.20. The molecule has 3 heterocycles. The molecular weight excluding hydrogens is 340 g/mol. The molecule has 0 spiro atoms. The Balaban J connectivity index is 1.72. The van der Waals surface area contributed by atoms with Crippen molar-refractivity contribution < 1.29 is 8.78 Å². The second-order valence-corrected chi connectivity index (χ2v) is 6.33. The second-order valence-electron chi connectivity index (χ2n) is 6.33. The Morgan fingerprint density at radius 1 is 1.08 bits per heavy atom. The van der Waals surface area contributed by atoms with Gasteiger partial charge in [-0.3, -0.25) is 9.89 Å². The fourth-order valence-electron chi connectivity index (χ4n) is 3.18. The Bertz CT molecular complexity index is 1000. The van der Waals surface area contributed by atoms with Gasteiger partial charge in [0.15, 0.2) is 0 Å². The van der Waals surface area contributed by atoms with Crippen molar-refractivity contribution in [1.29, 1.82) is 0 Å². The van der Waals surface area contributed by atoms with E-state index in [2.05, 4.69) is 20.0 Å². The van der Waals surface area contributed by atoms with Crippen molar-refractivity contribution in [3.8, 4) is 16.9 Å². The molecule has 0 bridgehead atoms. The summed E-state index contributed by atoms with van der Waals surface area (Å²) < 4.78 is 28.0. The SMILES string of the molecule is Cc1nc(N2CCCC2)ncc1-c1cc(=O)n(-c2cc(F)cc(F)c2)[nH]1. The Labute approximate surface area is 148 Å². The zero-order valence-electron chi connectivity index (χ0n) is 14.2. The van der Waals surface area contributed by atoms with Crippen LogP contribution in [-0.2, 0) is 0 Å². The summed E-state index contributed by atoms with van der Waals surface area (Å²) in [6.07, 6.45) is 3.92. The van der Waals surface area contributed by atoms with Gasteiger partial charge < -0.3 is 4.90 Å². The summed E-state index contributed by atoms with van der Waals surface area (Å²) in [4.78, 5) is 23.3. The monoisotopic (exact) mass is 357 g/mol. The minimum absolute atomic E-state index is 0.0889. The lowest BCUT2D eigenvalue weighted by Gasteiger charge is -2.16. The number of aryl methyl sites for hydroxylation is 1. The van der Waals surface area contributed by atoms with Crippen LogP contribution in [-0.4, -0.2) is 32.8 Å². The van der Waals surface area contributed by atoms with E-state index in [-0.39, 0.29) is 5.69 Å². The largest absolute Gasteiger partial charge is 0.341 e. The first kappa shape index (κ1) is 16.4. The van der Waals surface area contributed by atoms with Gasteiger partial charge in [-0.15, -0.1) is 0 Å². The van der Waals surface area contributed by atoms with E-state index in [1.165, 1.54) is 6.07 Å². The van der Waals surface area contributed by atoms with Gasteiger partial charge in [0.05, 0.1) is 17.1 Å². The first-order valence-electron chi connectivity index (χ1n) is 8.39. The molecule has 1 saturated heterocycles. The highest BCUT2D eigenvalue weighted by Gasteiger charge is 2.17. The van der Waals surface area contributed by atoms with E-state index in [4.69, 9.17) is 0 Å². The zero-order valence-corrected chi connectivity index (χ0v) is 14.2. The third-order valence-electron chi connectivity index (χ3n) is 4.47. The predicted molar refractivity (Wildman–Crippen MR) is 93.5 cm³/mol. The number of nitrogens with one attached hydrogen (secondary N) is 1. The normalized spacial score (nSPS) is 14.2. The lowest BCUT2D eigenvalue weighted by molar-refractivity contribution is 0.579. The average molecular weight is 357 g/mol. The molecule has 4 rings (SSSR count). The van der Waals surface area contributed by atoms with Crippen LogP contribution in [0.1, 0.15) is 18.5 Å². The molecule has 3 aromatic rings. The van der Waals surface area contributed by atoms with Gasteiger partial charge in [-0.2, -0.15) is 0 Å². The van der Waals surface area contributed by atoms with Crippen LogP contribution in [0.25, 0.3) is 16.9 Å². The molecule has 2 aromatic heterocycles. The predicted octanol–water partition coefficient (Wildman–Crippen LogP) is 2.81. The summed E-state index contributed by atoms with van der Waals surface area (Å²) in [5, 5.41) is 2.88. The highest BCUT2D eigenvalue weighted by atomic mass is 19.1. The number of rotatable bonds is 3. The number of aromatic amines is 1. The highest BCUT2D eigenvalue weighted by Crippen LogP contribution is 2.23. The van der Waals surface area contributed by atoms with Crippen LogP contribution in [0.2, 0.25) is 0 Å². The Morgan fingerprint density at radius 3 is 2.42 bits per heavy atom. The summed E-state index contributed by atoms with van der Waals surface area (Å²) in [7, 11) is 0. The molecule has 0 aliphatic carbocycles. The van der Waals surface area contributed by atoms with Crippen LogP contribution >= 0.6 is 0 Å². The number of benzene rings is 1. The maximum Gasteiger partial charge on any atom is 0.271 e. The molecule has 1 fully saturated rings. The molecule has 8 heteroatoms. The van der Waals surface area contributed by atoms with Gasteiger partial charge in [-0.25, -0.2) is 23.4 Å². The number of H-pyrrole nitrogens is 1. The molecule has 0 amide bonds. The summed E-state index contributed by atoms with van der Waals surface area (Å²) in [5.74, 6) is -0.826. The van der Waals surface area contributed by atoms with Gasteiger partial charge >= 0.3 is 0 Å². The van der Waals surface area contributed by atoms with Crippen molar-refractivity contribution >= 4 is 5.95 Å². The van der Waals surface area contributed by atoms with E-state index in [9.17, 15) is 13.6 Å². The van der Waals surface area contributed by atoms with E-state index in [1.54, 1.807) is 6.20 Å². The molecule has 134 valence electrons. The molecule has 0 atom stereocenters. The summed E-state index contributed by atoms with van der Waals surface area (Å²) >= 11 is 0. The lowest BCUT2D eigenvalue weighted by atomic mass is 10.2. The van der Waals surface area contributed by atoms with Crippen LogP contribution in [0.4, 0.5) is 14.7 Å². The topological polar surface area (TPSA) is 66.8 Å². The Kier molecular flexibility index (Phi) is 4.02. The molecule has 0 radical (unpaired) electrons. The average Bonchev–Trinajstić information content (AvgIpc) is 3.23. The first-order chi connectivity index (χ1) is 12.5. The van der Waals surface area contributed by atoms with E-state index >= 15 is 0 Å².